The minimum absolute atomic E-state index is 0.170. The minimum atomic E-state index is -3.77. The molecule has 0 bridgehead atoms. The van der Waals surface area contributed by atoms with Gasteiger partial charge in [0, 0.05) is 10.1 Å². The molecule has 8 heteroatoms. The van der Waals surface area contributed by atoms with Gasteiger partial charge in [-0.15, -0.1) is 0 Å². The van der Waals surface area contributed by atoms with Gasteiger partial charge in [-0.25, -0.2) is 8.42 Å². The van der Waals surface area contributed by atoms with E-state index in [-0.39, 0.29) is 11.4 Å². The number of nitrogens with zero attached hydrogens (tertiary/aromatic N) is 1. The first-order valence-corrected chi connectivity index (χ1v) is 11.5. The van der Waals surface area contributed by atoms with Crippen LogP contribution in [0.5, 0.6) is 0 Å². The SMILES string of the molecule is O=C[C@@H](Cc1ccccc1)NC(=O)[C@H]1CCCN1S(=O)(=O)c1ccc(I)cc1. The van der Waals surface area contributed by atoms with E-state index in [0.717, 1.165) is 9.13 Å². The van der Waals surface area contributed by atoms with Crippen molar-refractivity contribution in [2.24, 2.45) is 0 Å². The van der Waals surface area contributed by atoms with Crippen molar-refractivity contribution >= 4 is 44.8 Å². The van der Waals surface area contributed by atoms with E-state index < -0.39 is 28.0 Å². The Morgan fingerprint density at radius 3 is 2.50 bits per heavy atom. The van der Waals surface area contributed by atoms with Crippen molar-refractivity contribution in [3.05, 3.63) is 63.7 Å². The summed E-state index contributed by atoms with van der Waals surface area (Å²) < 4.78 is 28.1. The molecule has 0 saturated carbocycles. The van der Waals surface area contributed by atoms with Crippen LogP contribution < -0.4 is 5.32 Å². The first kappa shape index (κ1) is 20.9. The Kier molecular flexibility index (Phi) is 6.84. The van der Waals surface area contributed by atoms with Crippen LogP contribution in [-0.2, 0) is 26.0 Å². The Hall–Kier alpha value is -1.78. The number of nitrogens with one attached hydrogen (secondary N) is 1. The number of rotatable bonds is 7. The molecule has 1 fully saturated rings. The summed E-state index contributed by atoms with van der Waals surface area (Å²) in [5.74, 6) is -0.431. The lowest BCUT2D eigenvalue weighted by molar-refractivity contribution is -0.126. The maximum absolute atomic E-state index is 13.0. The van der Waals surface area contributed by atoms with Crippen LogP contribution >= 0.6 is 22.6 Å². The summed E-state index contributed by atoms with van der Waals surface area (Å²) in [6.07, 6.45) is 2.10. The van der Waals surface area contributed by atoms with Crippen molar-refractivity contribution in [2.75, 3.05) is 6.54 Å². The Labute approximate surface area is 178 Å². The third-order valence-corrected chi connectivity index (χ3v) is 7.36. The summed E-state index contributed by atoms with van der Waals surface area (Å²) in [7, 11) is -3.77. The highest BCUT2D eigenvalue weighted by Crippen LogP contribution is 2.26. The van der Waals surface area contributed by atoms with Crippen LogP contribution in [0.25, 0.3) is 0 Å². The Morgan fingerprint density at radius 2 is 1.86 bits per heavy atom. The Balaban J connectivity index is 1.73. The molecule has 6 nitrogen and oxygen atoms in total. The van der Waals surface area contributed by atoms with Crippen molar-refractivity contribution < 1.29 is 18.0 Å². The van der Waals surface area contributed by atoms with Crippen molar-refractivity contribution in [1.82, 2.24) is 9.62 Å². The third kappa shape index (κ3) is 4.79. The van der Waals surface area contributed by atoms with Crippen LogP contribution in [0.2, 0.25) is 0 Å². The van der Waals surface area contributed by atoms with E-state index in [4.69, 9.17) is 0 Å². The van der Waals surface area contributed by atoms with Gasteiger partial charge in [0.25, 0.3) is 0 Å². The number of benzene rings is 2. The molecule has 148 valence electrons. The van der Waals surface area contributed by atoms with Gasteiger partial charge in [0.15, 0.2) is 0 Å². The first-order chi connectivity index (χ1) is 13.4. The molecule has 1 heterocycles. The average molecular weight is 512 g/mol. The number of hydrogen-bond acceptors (Lipinski definition) is 4. The van der Waals surface area contributed by atoms with Gasteiger partial charge in [-0.3, -0.25) is 4.79 Å². The summed E-state index contributed by atoms with van der Waals surface area (Å²) in [4.78, 5) is 24.4. The molecule has 3 rings (SSSR count). The number of aldehydes is 1. The third-order valence-electron chi connectivity index (χ3n) is 4.72. The Morgan fingerprint density at radius 1 is 1.18 bits per heavy atom. The molecule has 2 aromatic rings. The summed E-state index contributed by atoms with van der Waals surface area (Å²) in [5, 5.41) is 2.71. The number of carbonyl (C=O) groups excluding carboxylic acids is 2. The topological polar surface area (TPSA) is 83.6 Å². The standard InChI is InChI=1S/C20H21IN2O4S/c21-16-8-10-18(11-9-16)28(26,27)23-12-4-7-19(23)20(25)22-17(14-24)13-15-5-2-1-3-6-15/h1-3,5-6,8-11,14,17,19H,4,7,12-13H2,(H,22,25)/t17-,19-/m1/s1. The number of halogens is 1. The molecule has 1 saturated heterocycles. The highest BCUT2D eigenvalue weighted by Gasteiger charge is 2.39. The van der Waals surface area contributed by atoms with Crippen LogP contribution in [0.1, 0.15) is 18.4 Å². The van der Waals surface area contributed by atoms with E-state index in [1.54, 1.807) is 24.3 Å². The first-order valence-electron chi connectivity index (χ1n) is 8.99. The van der Waals surface area contributed by atoms with E-state index >= 15 is 0 Å². The number of sulfonamides is 1. The highest BCUT2D eigenvalue weighted by molar-refractivity contribution is 14.1. The van der Waals surface area contributed by atoms with Gasteiger partial charge < -0.3 is 10.1 Å². The van der Waals surface area contributed by atoms with Gasteiger partial charge in [0.1, 0.15) is 12.3 Å². The molecule has 0 aromatic heterocycles. The largest absolute Gasteiger partial charge is 0.345 e. The van der Waals surface area contributed by atoms with Gasteiger partial charge in [-0.1, -0.05) is 30.3 Å². The van der Waals surface area contributed by atoms with Gasteiger partial charge in [-0.05, 0) is 71.7 Å². The zero-order valence-corrected chi connectivity index (χ0v) is 18.1. The second kappa shape index (κ2) is 9.15. The molecule has 2 atom stereocenters. The number of hydrogen-bond donors (Lipinski definition) is 1. The highest BCUT2D eigenvalue weighted by atomic mass is 127. The van der Waals surface area contributed by atoms with Crippen LogP contribution in [0.3, 0.4) is 0 Å². The molecular formula is C20H21IN2O4S. The molecule has 1 aliphatic rings. The fourth-order valence-corrected chi connectivity index (χ4v) is 5.33. The van der Waals surface area contributed by atoms with Crippen molar-refractivity contribution in [3.8, 4) is 0 Å². The average Bonchev–Trinajstić information content (AvgIpc) is 3.19. The zero-order chi connectivity index (χ0) is 20.1. The van der Waals surface area contributed by atoms with Crippen LogP contribution in [-0.4, -0.2) is 43.5 Å². The molecule has 1 N–H and O–H groups in total. The summed E-state index contributed by atoms with van der Waals surface area (Å²) in [6.45, 7) is 0.289. The van der Waals surface area contributed by atoms with Crippen molar-refractivity contribution in [3.63, 3.8) is 0 Å². The summed E-state index contributed by atoms with van der Waals surface area (Å²) >= 11 is 2.11. The second-order valence-corrected chi connectivity index (χ2v) is 9.80. The fraction of sp³-hybridized carbons (Fsp3) is 0.300. The predicted octanol–water partition coefficient (Wildman–Crippen LogP) is 2.37. The van der Waals surface area contributed by atoms with Gasteiger partial charge >= 0.3 is 0 Å². The quantitative estimate of drug-likeness (QED) is 0.456. The van der Waals surface area contributed by atoms with E-state index in [1.165, 1.54) is 4.31 Å². The van der Waals surface area contributed by atoms with Crippen LogP contribution in [0.4, 0.5) is 0 Å². The molecule has 28 heavy (non-hydrogen) atoms. The van der Waals surface area contributed by atoms with Crippen molar-refractivity contribution in [2.45, 2.75) is 36.2 Å². The van der Waals surface area contributed by atoms with E-state index in [0.29, 0.717) is 25.5 Å². The molecule has 0 radical (unpaired) electrons. The number of amides is 1. The smallest absolute Gasteiger partial charge is 0.243 e. The Bertz CT molecular complexity index is 932. The lowest BCUT2D eigenvalue weighted by atomic mass is 10.1. The molecule has 1 aliphatic heterocycles. The van der Waals surface area contributed by atoms with E-state index in [9.17, 15) is 18.0 Å². The van der Waals surface area contributed by atoms with E-state index in [2.05, 4.69) is 27.9 Å². The van der Waals surface area contributed by atoms with Crippen molar-refractivity contribution in [1.29, 1.82) is 0 Å². The molecule has 1 amide bonds. The normalized spacial score (nSPS) is 18.5. The van der Waals surface area contributed by atoms with Crippen LogP contribution in [0, 0.1) is 3.57 Å². The second-order valence-electron chi connectivity index (χ2n) is 6.67. The molecule has 0 spiro atoms. The maximum Gasteiger partial charge on any atom is 0.243 e. The predicted molar refractivity (Wildman–Crippen MR) is 114 cm³/mol. The van der Waals surface area contributed by atoms with Crippen LogP contribution in [0.15, 0.2) is 59.5 Å². The fourth-order valence-electron chi connectivity index (χ4n) is 3.31. The van der Waals surface area contributed by atoms with Gasteiger partial charge in [0.05, 0.1) is 10.9 Å². The zero-order valence-electron chi connectivity index (χ0n) is 15.1. The molecule has 0 unspecified atom stereocenters. The lowest BCUT2D eigenvalue weighted by Crippen LogP contribution is -2.49. The lowest BCUT2D eigenvalue weighted by Gasteiger charge is -2.24. The summed E-state index contributed by atoms with van der Waals surface area (Å²) in [6, 6.07) is 14.4. The summed E-state index contributed by atoms with van der Waals surface area (Å²) in [5.41, 5.74) is 0.926. The monoisotopic (exact) mass is 512 g/mol. The number of carbonyl (C=O) groups is 2. The maximum atomic E-state index is 13.0. The molecular weight excluding hydrogens is 491 g/mol. The van der Waals surface area contributed by atoms with E-state index in [1.807, 2.05) is 30.3 Å². The van der Waals surface area contributed by atoms with Gasteiger partial charge in [0.2, 0.25) is 15.9 Å². The van der Waals surface area contributed by atoms with Gasteiger partial charge in [-0.2, -0.15) is 4.31 Å². The molecule has 2 aromatic carbocycles. The minimum Gasteiger partial charge on any atom is -0.345 e. The molecule has 0 aliphatic carbocycles.